The van der Waals surface area contributed by atoms with E-state index >= 15 is 0 Å². The summed E-state index contributed by atoms with van der Waals surface area (Å²) in [6.07, 6.45) is 3.21. The van der Waals surface area contributed by atoms with Crippen LogP contribution < -0.4 is 0 Å². The first-order valence-corrected chi connectivity index (χ1v) is 14.4. The second-order valence-corrected chi connectivity index (χ2v) is 18.1. The van der Waals surface area contributed by atoms with Gasteiger partial charge >= 0.3 is 8.56 Å². The van der Waals surface area contributed by atoms with E-state index in [1.54, 1.807) is 14.2 Å². The van der Waals surface area contributed by atoms with Crippen molar-refractivity contribution in [1.29, 1.82) is 0 Å². The molecule has 2 saturated carbocycles. The molecule has 4 unspecified atom stereocenters. The summed E-state index contributed by atoms with van der Waals surface area (Å²) in [6.45, 7) is 15.1. The topological polar surface area (TPSA) is 44.8 Å². The first kappa shape index (κ1) is 20.1. The van der Waals surface area contributed by atoms with E-state index in [4.69, 9.17) is 13.3 Å². The lowest BCUT2D eigenvalue weighted by Crippen LogP contribution is -2.52. The molecule has 0 saturated heterocycles. The fourth-order valence-electron chi connectivity index (χ4n) is 4.47. The highest BCUT2D eigenvalue weighted by Crippen LogP contribution is 2.64. The third-order valence-corrected chi connectivity index (χ3v) is 15.2. The molecule has 0 aliphatic heterocycles. The predicted molar refractivity (Wildman–Crippen MR) is 102 cm³/mol. The zero-order valence-corrected chi connectivity index (χ0v) is 19.0. The van der Waals surface area contributed by atoms with Gasteiger partial charge in [-0.3, -0.25) is 4.79 Å². The molecule has 24 heavy (non-hydrogen) atoms. The summed E-state index contributed by atoms with van der Waals surface area (Å²) < 4.78 is 17.9. The molecular weight excluding hydrogens is 336 g/mol. The molecule has 0 amide bonds. The lowest BCUT2D eigenvalue weighted by atomic mass is 9.74. The Balaban J connectivity index is 2.23. The van der Waals surface area contributed by atoms with Gasteiger partial charge in [-0.05, 0) is 62.7 Å². The smallest absolute Gasteiger partial charge is 0.337 e. The molecule has 0 heterocycles. The van der Waals surface area contributed by atoms with Crippen molar-refractivity contribution in [2.24, 2.45) is 17.3 Å². The van der Waals surface area contributed by atoms with Crippen LogP contribution >= 0.6 is 0 Å². The van der Waals surface area contributed by atoms with E-state index in [-0.39, 0.29) is 16.4 Å². The van der Waals surface area contributed by atoms with Crippen molar-refractivity contribution in [3.8, 4) is 0 Å². The molecule has 2 aliphatic carbocycles. The van der Waals surface area contributed by atoms with Crippen molar-refractivity contribution in [2.75, 3.05) is 14.2 Å². The highest BCUT2D eigenvalue weighted by Gasteiger charge is 2.63. The summed E-state index contributed by atoms with van der Waals surface area (Å²) in [7, 11) is -0.826. The zero-order valence-electron chi connectivity index (χ0n) is 17.0. The summed E-state index contributed by atoms with van der Waals surface area (Å²) in [5, 5.41) is 0.0400. The van der Waals surface area contributed by atoms with Crippen molar-refractivity contribution < 1.29 is 18.1 Å². The fourth-order valence-corrected chi connectivity index (χ4v) is 8.24. The standard InChI is InChI=1S/C18H36O4Si2/c1-17(2,3)23(7,8)22-16(19)18(4)12-13-10-14(18)15(11-13)24(9,20-5)21-6/h13-15H,10-12H2,1-9H3. The maximum absolute atomic E-state index is 13.2. The Kier molecular flexibility index (Phi) is 5.21. The molecule has 2 bridgehead atoms. The molecule has 4 nitrogen and oxygen atoms in total. The highest BCUT2D eigenvalue weighted by atomic mass is 28.4. The molecule has 140 valence electrons. The van der Waals surface area contributed by atoms with Crippen LogP contribution in [0.2, 0.25) is 30.2 Å². The number of carbonyl (C=O) groups excluding carboxylic acids is 1. The molecule has 6 heteroatoms. The Hall–Kier alpha value is -0.176. The number of hydrogen-bond donors (Lipinski definition) is 0. The van der Waals surface area contributed by atoms with Gasteiger partial charge in [0.2, 0.25) is 0 Å². The molecule has 0 radical (unpaired) electrons. The van der Waals surface area contributed by atoms with E-state index in [9.17, 15) is 4.79 Å². The summed E-state index contributed by atoms with van der Waals surface area (Å²) in [6, 6.07) is 0. The normalized spacial score (nSPS) is 33.8. The second kappa shape index (κ2) is 6.21. The lowest BCUT2D eigenvalue weighted by Gasteiger charge is -2.44. The minimum Gasteiger partial charge on any atom is -0.519 e. The van der Waals surface area contributed by atoms with Gasteiger partial charge in [0, 0.05) is 19.8 Å². The van der Waals surface area contributed by atoms with Crippen molar-refractivity contribution >= 4 is 22.8 Å². The second-order valence-electron chi connectivity index (χ2n) is 9.75. The Labute approximate surface area is 150 Å². The van der Waals surface area contributed by atoms with E-state index in [0.29, 0.717) is 17.4 Å². The van der Waals surface area contributed by atoms with E-state index in [2.05, 4.69) is 47.3 Å². The monoisotopic (exact) mass is 372 g/mol. The van der Waals surface area contributed by atoms with Crippen LogP contribution in [-0.4, -0.2) is 37.1 Å². The Morgan fingerprint density at radius 2 is 1.62 bits per heavy atom. The van der Waals surface area contributed by atoms with Crippen LogP contribution in [0, 0.1) is 17.3 Å². The summed E-state index contributed by atoms with van der Waals surface area (Å²) >= 11 is 0. The summed E-state index contributed by atoms with van der Waals surface area (Å²) in [5.74, 6) is 0.959. The average Bonchev–Trinajstić information content (AvgIpc) is 3.03. The van der Waals surface area contributed by atoms with Crippen molar-refractivity contribution in [3.05, 3.63) is 0 Å². The van der Waals surface area contributed by atoms with E-state index in [1.807, 2.05) is 0 Å². The molecule has 2 fully saturated rings. The largest absolute Gasteiger partial charge is 0.519 e. The molecule has 4 atom stereocenters. The first-order chi connectivity index (χ1) is 10.8. The molecule has 0 aromatic rings. The molecule has 2 rings (SSSR count). The lowest BCUT2D eigenvalue weighted by molar-refractivity contribution is -0.149. The van der Waals surface area contributed by atoms with Crippen LogP contribution in [0.4, 0.5) is 0 Å². The minimum atomic E-state index is -2.24. The average molecular weight is 373 g/mol. The highest BCUT2D eigenvalue weighted by molar-refractivity contribution is 6.75. The van der Waals surface area contributed by atoms with Crippen LogP contribution in [0.25, 0.3) is 0 Å². The van der Waals surface area contributed by atoms with Crippen LogP contribution in [0.15, 0.2) is 0 Å². The Morgan fingerprint density at radius 3 is 2.04 bits per heavy atom. The SMILES string of the molecule is CO[Si](C)(OC)C1CC2CC1C(C)(C(=O)O[Si](C)(C)C(C)(C)C)C2. The van der Waals surface area contributed by atoms with Gasteiger partial charge in [-0.2, -0.15) is 0 Å². The number of fused-ring (bicyclic) bond motifs is 2. The number of rotatable bonds is 5. The van der Waals surface area contributed by atoms with E-state index in [1.165, 1.54) is 0 Å². The fraction of sp³-hybridized carbons (Fsp3) is 0.944. The van der Waals surface area contributed by atoms with Crippen molar-refractivity contribution in [2.45, 2.75) is 77.2 Å². The van der Waals surface area contributed by atoms with Gasteiger partial charge in [-0.25, -0.2) is 0 Å². The molecule has 0 N–H and O–H groups in total. The summed E-state index contributed by atoms with van der Waals surface area (Å²) in [5.41, 5.74) is -0.00255. The van der Waals surface area contributed by atoms with Crippen LogP contribution in [0.1, 0.15) is 47.0 Å². The quantitative estimate of drug-likeness (QED) is 0.656. The molecule has 0 spiro atoms. The minimum absolute atomic E-state index is 0.0230. The van der Waals surface area contributed by atoms with Gasteiger partial charge in [-0.1, -0.05) is 20.8 Å². The Bertz CT molecular complexity index is 496. The van der Waals surface area contributed by atoms with E-state index in [0.717, 1.165) is 19.3 Å². The van der Waals surface area contributed by atoms with Gasteiger partial charge < -0.3 is 13.3 Å². The van der Waals surface area contributed by atoms with Crippen LogP contribution in [0.3, 0.4) is 0 Å². The molecule has 0 aromatic carbocycles. The third-order valence-electron chi connectivity index (χ3n) is 7.30. The first-order valence-electron chi connectivity index (χ1n) is 9.14. The van der Waals surface area contributed by atoms with Crippen LogP contribution in [-0.2, 0) is 18.1 Å². The number of carbonyl (C=O) groups is 1. The van der Waals surface area contributed by atoms with Gasteiger partial charge in [0.05, 0.1) is 5.41 Å². The van der Waals surface area contributed by atoms with Crippen LogP contribution in [0.5, 0.6) is 0 Å². The van der Waals surface area contributed by atoms with Crippen molar-refractivity contribution in [1.82, 2.24) is 0 Å². The number of hydrogen-bond acceptors (Lipinski definition) is 4. The maximum atomic E-state index is 13.2. The van der Waals surface area contributed by atoms with Crippen molar-refractivity contribution in [3.63, 3.8) is 0 Å². The summed E-state index contributed by atoms with van der Waals surface area (Å²) in [4.78, 5) is 13.2. The van der Waals surface area contributed by atoms with Gasteiger partial charge in [0.15, 0.2) is 0 Å². The van der Waals surface area contributed by atoms with E-state index < -0.39 is 16.9 Å². The van der Waals surface area contributed by atoms with Gasteiger partial charge in [0.25, 0.3) is 14.3 Å². The molecule has 0 aromatic heterocycles. The maximum Gasteiger partial charge on any atom is 0.337 e. The zero-order chi connectivity index (χ0) is 18.6. The predicted octanol–water partition coefficient (Wildman–Crippen LogP) is 4.71. The van der Waals surface area contributed by atoms with Gasteiger partial charge in [0.1, 0.15) is 0 Å². The molecule has 2 aliphatic rings. The molecular formula is C18H36O4Si2. The Morgan fingerprint density at radius 1 is 1.08 bits per heavy atom. The van der Waals surface area contributed by atoms with Gasteiger partial charge in [-0.15, -0.1) is 0 Å². The third kappa shape index (κ3) is 3.15.